The largest absolute Gasteiger partial charge is 0.488 e. The second-order valence-electron chi connectivity index (χ2n) is 10.2. The molecule has 0 aliphatic heterocycles. The third kappa shape index (κ3) is 8.60. The molecular weight excluding hydrogens is 496 g/mol. The minimum Gasteiger partial charge on any atom is -0.488 e. The van der Waals surface area contributed by atoms with Crippen LogP contribution >= 0.6 is 0 Å². The van der Waals surface area contributed by atoms with Gasteiger partial charge in [-0.15, -0.1) is 0 Å². The van der Waals surface area contributed by atoms with Gasteiger partial charge in [0.15, 0.2) is 5.75 Å². The molecule has 0 radical (unpaired) electrons. The van der Waals surface area contributed by atoms with Gasteiger partial charge in [0, 0.05) is 26.3 Å². The molecule has 0 fully saturated rings. The number of carbonyl (C=O) groups excluding carboxylic acids is 1. The van der Waals surface area contributed by atoms with Gasteiger partial charge in [0.2, 0.25) is 0 Å². The molecular formula is C27H40N2O7S. The molecule has 1 aromatic carbocycles. The van der Waals surface area contributed by atoms with Crippen molar-refractivity contribution >= 4 is 16.1 Å². The molecule has 1 amide bonds. The van der Waals surface area contributed by atoms with Gasteiger partial charge in [-0.2, -0.15) is 4.31 Å². The zero-order valence-corrected chi connectivity index (χ0v) is 23.9. The van der Waals surface area contributed by atoms with Gasteiger partial charge in [-0.1, -0.05) is 31.5 Å². The smallest absolute Gasteiger partial charge is 0.424 e. The van der Waals surface area contributed by atoms with Crippen molar-refractivity contribution in [3.63, 3.8) is 0 Å². The number of carbonyl (C=O) groups is 1. The Morgan fingerprint density at radius 3 is 2.27 bits per heavy atom. The van der Waals surface area contributed by atoms with Gasteiger partial charge in [0.05, 0.1) is 24.7 Å². The number of hydrogen-bond acceptors (Lipinski definition) is 8. The molecule has 1 aromatic heterocycles. The van der Waals surface area contributed by atoms with Gasteiger partial charge in [-0.05, 0) is 63.8 Å². The monoisotopic (exact) mass is 536 g/mol. The fourth-order valence-corrected chi connectivity index (χ4v) is 5.21. The summed E-state index contributed by atoms with van der Waals surface area (Å²) in [5, 5.41) is 0. The number of amides is 1. The van der Waals surface area contributed by atoms with Crippen LogP contribution in [0.15, 0.2) is 41.4 Å². The average Bonchev–Trinajstić information content (AvgIpc) is 2.80. The zero-order chi connectivity index (χ0) is 27.8. The average molecular weight is 537 g/mol. The summed E-state index contributed by atoms with van der Waals surface area (Å²) in [4.78, 5) is 17.8. The molecule has 0 aliphatic rings. The molecule has 0 bridgehead atoms. The van der Waals surface area contributed by atoms with Crippen LogP contribution in [-0.2, 0) is 25.9 Å². The van der Waals surface area contributed by atoms with Crippen molar-refractivity contribution in [2.24, 2.45) is 5.92 Å². The molecule has 2 rings (SSSR count). The number of aromatic nitrogens is 1. The number of ether oxygens (including phenoxy) is 4. The van der Waals surface area contributed by atoms with Gasteiger partial charge in [-0.25, -0.2) is 18.2 Å². The maximum absolute atomic E-state index is 13.8. The molecule has 0 unspecified atom stereocenters. The highest BCUT2D eigenvalue weighted by atomic mass is 32.2. The van der Waals surface area contributed by atoms with Crippen LogP contribution in [0.25, 0.3) is 0 Å². The highest BCUT2D eigenvalue weighted by molar-refractivity contribution is 7.89. The van der Waals surface area contributed by atoms with E-state index in [0.29, 0.717) is 36.8 Å². The minimum atomic E-state index is -4.23. The first-order valence-corrected chi connectivity index (χ1v) is 13.7. The predicted octanol–water partition coefficient (Wildman–Crippen LogP) is 5.01. The first-order chi connectivity index (χ1) is 17.3. The van der Waals surface area contributed by atoms with Crippen molar-refractivity contribution in [2.45, 2.75) is 70.9 Å². The number of methoxy groups -OCH3 is 2. The van der Waals surface area contributed by atoms with Crippen molar-refractivity contribution in [1.82, 2.24) is 9.29 Å². The third-order valence-corrected chi connectivity index (χ3v) is 7.29. The molecule has 2 aromatic rings. The van der Waals surface area contributed by atoms with Crippen LogP contribution in [0.3, 0.4) is 0 Å². The number of rotatable bonds is 12. The summed E-state index contributed by atoms with van der Waals surface area (Å²) in [6.45, 7) is 11.6. The lowest BCUT2D eigenvalue weighted by Gasteiger charge is -2.35. The second-order valence-corrected chi connectivity index (χ2v) is 12.0. The van der Waals surface area contributed by atoms with E-state index in [1.807, 2.05) is 20.8 Å². The highest BCUT2D eigenvalue weighted by Gasteiger charge is 2.40. The van der Waals surface area contributed by atoms with Gasteiger partial charge >= 0.3 is 6.09 Å². The second kappa shape index (κ2) is 13.1. The highest BCUT2D eigenvalue weighted by Crippen LogP contribution is 2.30. The summed E-state index contributed by atoms with van der Waals surface area (Å²) in [5.41, 5.74) is 0.712. The van der Waals surface area contributed by atoms with E-state index in [2.05, 4.69) is 4.98 Å². The summed E-state index contributed by atoms with van der Waals surface area (Å²) in [6, 6.07) is 7.41. The van der Waals surface area contributed by atoms with E-state index in [4.69, 9.17) is 18.9 Å². The Balaban J connectivity index is 2.50. The van der Waals surface area contributed by atoms with Gasteiger partial charge in [0.1, 0.15) is 5.60 Å². The first kappa shape index (κ1) is 30.4. The number of sulfonamides is 1. The minimum absolute atomic E-state index is 0.0182. The molecule has 9 nitrogen and oxygen atoms in total. The Hall–Kier alpha value is -2.85. The lowest BCUT2D eigenvalue weighted by atomic mass is 9.97. The SMILES string of the molecule is COCCCOc1cc(C[C@@H](C(C)C)N(C(=O)OC(C)(C)C)S(=O)(=O)c2ccc(C)cc2)cnc1OC. The standard InChI is InChI=1S/C27H40N2O7S/c1-19(2)23(16-21-17-24(25(34-8)28-18-21)35-15-9-14-33-7)29(26(30)36-27(4,5)6)37(31,32)22-12-10-20(3)11-13-22/h10-13,17-19,23H,9,14-16H2,1-8H3/t23-/m0/s1. The molecule has 206 valence electrons. The zero-order valence-electron chi connectivity index (χ0n) is 23.1. The lowest BCUT2D eigenvalue weighted by molar-refractivity contribution is 0.0307. The third-order valence-electron chi connectivity index (χ3n) is 5.49. The Kier molecular flexibility index (Phi) is 10.8. The molecule has 10 heteroatoms. The molecule has 0 saturated carbocycles. The number of hydrogen-bond donors (Lipinski definition) is 0. The van der Waals surface area contributed by atoms with Gasteiger partial charge < -0.3 is 18.9 Å². The van der Waals surface area contributed by atoms with Crippen molar-refractivity contribution in [3.8, 4) is 11.6 Å². The van der Waals surface area contributed by atoms with Crippen molar-refractivity contribution in [3.05, 3.63) is 47.7 Å². The number of benzene rings is 1. The number of pyridine rings is 1. The summed E-state index contributed by atoms with van der Waals surface area (Å²) in [5.74, 6) is 0.517. The Labute approximate surface area is 221 Å². The van der Waals surface area contributed by atoms with E-state index in [0.717, 1.165) is 9.87 Å². The van der Waals surface area contributed by atoms with E-state index >= 15 is 0 Å². The van der Waals surface area contributed by atoms with E-state index in [1.165, 1.54) is 19.2 Å². The fourth-order valence-electron chi connectivity index (χ4n) is 3.60. The van der Waals surface area contributed by atoms with Crippen LogP contribution in [0, 0.1) is 12.8 Å². The van der Waals surface area contributed by atoms with Crippen molar-refractivity contribution in [2.75, 3.05) is 27.4 Å². The van der Waals surface area contributed by atoms with E-state index in [9.17, 15) is 13.2 Å². The number of aryl methyl sites for hydroxylation is 1. The molecule has 0 N–H and O–H groups in total. The maximum Gasteiger partial charge on any atom is 0.424 e. The molecule has 37 heavy (non-hydrogen) atoms. The van der Waals surface area contributed by atoms with E-state index in [-0.39, 0.29) is 17.2 Å². The topological polar surface area (TPSA) is 104 Å². The molecule has 0 spiro atoms. The van der Waals surface area contributed by atoms with E-state index < -0.39 is 27.8 Å². The van der Waals surface area contributed by atoms with E-state index in [1.54, 1.807) is 52.3 Å². The Morgan fingerprint density at radius 1 is 1.08 bits per heavy atom. The quantitative estimate of drug-likeness (QED) is 0.349. The fraction of sp³-hybridized carbons (Fsp3) is 0.556. The molecule has 1 atom stereocenters. The van der Waals surface area contributed by atoms with Crippen LogP contribution in [0.1, 0.15) is 52.2 Å². The summed E-state index contributed by atoms with van der Waals surface area (Å²) in [6.07, 6.45) is 1.55. The molecule has 0 aliphatic carbocycles. The molecule has 1 heterocycles. The lowest BCUT2D eigenvalue weighted by Crippen LogP contribution is -2.50. The summed E-state index contributed by atoms with van der Waals surface area (Å²) >= 11 is 0. The van der Waals surface area contributed by atoms with Crippen LogP contribution < -0.4 is 9.47 Å². The van der Waals surface area contributed by atoms with Gasteiger partial charge in [-0.3, -0.25) is 0 Å². The van der Waals surface area contributed by atoms with Crippen LogP contribution in [-0.4, -0.2) is 62.9 Å². The predicted molar refractivity (Wildman–Crippen MR) is 142 cm³/mol. The molecule has 0 saturated heterocycles. The number of nitrogens with zero attached hydrogens (tertiary/aromatic N) is 2. The van der Waals surface area contributed by atoms with Crippen LogP contribution in [0.5, 0.6) is 11.6 Å². The first-order valence-electron chi connectivity index (χ1n) is 12.3. The van der Waals surface area contributed by atoms with Crippen LogP contribution in [0.2, 0.25) is 0 Å². The summed E-state index contributed by atoms with van der Waals surface area (Å²) < 4.78 is 50.3. The maximum atomic E-state index is 13.8. The van der Waals surface area contributed by atoms with Crippen molar-refractivity contribution in [1.29, 1.82) is 0 Å². The Morgan fingerprint density at radius 2 is 1.73 bits per heavy atom. The Bertz CT molecular complexity index is 1130. The van der Waals surface area contributed by atoms with Crippen LogP contribution in [0.4, 0.5) is 4.79 Å². The van der Waals surface area contributed by atoms with Gasteiger partial charge in [0.25, 0.3) is 15.9 Å². The normalized spacial score (nSPS) is 12.8. The van der Waals surface area contributed by atoms with Crippen molar-refractivity contribution < 1.29 is 32.2 Å². The summed E-state index contributed by atoms with van der Waals surface area (Å²) in [7, 11) is -1.11.